The molecule has 2 heterocycles. The van der Waals surface area contributed by atoms with Crippen molar-refractivity contribution in [2.75, 3.05) is 6.61 Å². The van der Waals surface area contributed by atoms with Crippen LogP contribution >= 0.6 is 0 Å². The molecule has 0 atom stereocenters. The minimum absolute atomic E-state index is 0.248. The predicted octanol–water partition coefficient (Wildman–Crippen LogP) is 1.06. The summed E-state index contributed by atoms with van der Waals surface area (Å²) in [6, 6.07) is 0. The molecule has 2 aromatic rings. The van der Waals surface area contributed by atoms with Gasteiger partial charge in [-0.2, -0.15) is 5.10 Å². The molecule has 0 fully saturated rings. The number of aryl methyl sites for hydroxylation is 1. The van der Waals surface area contributed by atoms with Crippen LogP contribution in [0.3, 0.4) is 0 Å². The van der Waals surface area contributed by atoms with Gasteiger partial charge in [0.15, 0.2) is 5.69 Å². The molecule has 114 valence electrons. The Bertz CT molecular complexity index is 616. The van der Waals surface area contributed by atoms with Crippen LogP contribution in [0.15, 0.2) is 6.33 Å². The van der Waals surface area contributed by atoms with E-state index in [1.165, 1.54) is 6.33 Å². The van der Waals surface area contributed by atoms with Crippen molar-refractivity contribution in [3.05, 3.63) is 23.5 Å². The Labute approximate surface area is 123 Å². The Morgan fingerprint density at radius 2 is 2.14 bits per heavy atom. The summed E-state index contributed by atoms with van der Waals surface area (Å²) in [6.45, 7) is 9.26. The molecule has 0 radical (unpaired) electrons. The minimum atomic E-state index is -0.440. The van der Waals surface area contributed by atoms with Crippen LogP contribution in [0.4, 0.5) is 0 Å². The van der Waals surface area contributed by atoms with Gasteiger partial charge in [-0.05, 0) is 19.8 Å². The van der Waals surface area contributed by atoms with Crippen molar-refractivity contribution >= 4 is 5.97 Å². The van der Waals surface area contributed by atoms with E-state index in [0.717, 1.165) is 12.4 Å². The van der Waals surface area contributed by atoms with Crippen molar-refractivity contribution in [1.82, 2.24) is 29.8 Å². The van der Waals surface area contributed by atoms with Crippen molar-refractivity contribution < 1.29 is 9.53 Å². The average Bonchev–Trinajstić information content (AvgIpc) is 3.04. The number of aromatic nitrogens is 6. The highest BCUT2D eigenvalue weighted by Gasteiger charge is 2.19. The van der Waals surface area contributed by atoms with Gasteiger partial charge in [0.05, 0.1) is 12.3 Å². The van der Waals surface area contributed by atoms with Gasteiger partial charge >= 0.3 is 5.97 Å². The van der Waals surface area contributed by atoms with Gasteiger partial charge in [0, 0.05) is 6.54 Å². The Hall–Kier alpha value is -2.25. The molecule has 0 saturated carbocycles. The molecule has 0 spiro atoms. The van der Waals surface area contributed by atoms with Crippen molar-refractivity contribution in [3.63, 3.8) is 0 Å². The Morgan fingerprint density at radius 3 is 2.81 bits per heavy atom. The number of hydrogen-bond acceptors (Lipinski definition) is 6. The lowest BCUT2D eigenvalue weighted by Crippen LogP contribution is -2.13. The smallest absolute Gasteiger partial charge is 0.360 e. The molecule has 0 bridgehead atoms. The number of hydrogen-bond donors (Lipinski definition) is 0. The van der Waals surface area contributed by atoms with Gasteiger partial charge in [0.25, 0.3) is 0 Å². The molecule has 0 N–H and O–H groups in total. The van der Waals surface area contributed by atoms with Gasteiger partial charge in [0.2, 0.25) is 0 Å². The number of carbonyl (C=O) groups excluding carboxylic acids is 1. The van der Waals surface area contributed by atoms with Crippen LogP contribution in [0.2, 0.25) is 0 Å². The van der Waals surface area contributed by atoms with Crippen LogP contribution in [0.1, 0.15) is 42.8 Å². The summed E-state index contributed by atoms with van der Waals surface area (Å²) in [6.07, 6.45) is 1.50. The lowest BCUT2D eigenvalue weighted by molar-refractivity contribution is 0.0451. The third kappa shape index (κ3) is 3.45. The normalized spacial score (nSPS) is 11.1. The highest BCUT2D eigenvalue weighted by molar-refractivity contribution is 5.88. The fourth-order valence-electron chi connectivity index (χ4n) is 1.82. The van der Waals surface area contributed by atoms with E-state index in [4.69, 9.17) is 4.74 Å². The zero-order valence-electron chi connectivity index (χ0n) is 12.8. The fourth-order valence-corrected chi connectivity index (χ4v) is 1.82. The van der Waals surface area contributed by atoms with E-state index >= 15 is 0 Å². The number of carbonyl (C=O) groups is 1. The average molecular weight is 292 g/mol. The summed E-state index contributed by atoms with van der Waals surface area (Å²) in [7, 11) is 0. The molecule has 0 aromatic carbocycles. The Kier molecular flexibility index (Phi) is 4.66. The SMILES string of the molecule is CCn1ncnc1Cn1nnc(C(=O)OCC(C)C)c1C. The minimum Gasteiger partial charge on any atom is -0.461 e. The first kappa shape index (κ1) is 15.1. The van der Waals surface area contributed by atoms with E-state index in [-0.39, 0.29) is 11.6 Å². The van der Waals surface area contributed by atoms with E-state index in [1.807, 2.05) is 20.8 Å². The van der Waals surface area contributed by atoms with Crippen molar-refractivity contribution in [2.45, 2.75) is 40.8 Å². The van der Waals surface area contributed by atoms with E-state index in [1.54, 1.807) is 16.3 Å². The quantitative estimate of drug-likeness (QED) is 0.740. The summed E-state index contributed by atoms with van der Waals surface area (Å²) in [4.78, 5) is 16.1. The molecular formula is C13H20N6O2. The van der Waals surface area contributed by atoms with Gasteiger partial charge < -0.3 is 4.74 Å². The maximum absolute atomic E-state index is 11.9. The molecule has 8 heteroatoms. The zero-order valence-corrected chi connectivity index (χ0v) is 12.8. The maximum Gasteiger partial charge on any atom is 0.360 e. The summed E-state index contributed by atoms with van der Waals surface area (Å²) in [5.74, 6) is 0.615. The van der Waals surface area contributed by atoms with Crippen molar-refractivity contribution in [3.8, 4) is 0 Å². The number of rotatable bonds is 6. The van der Waals surface area contributed by atoms with Gasteiger partial charge in [-0.3, -0.25) is 0 Å². The number of ether oxygens (including phenoxy) is 1. The van der Waals surface area contributed by atoms with Gasteiger partial charge in [0.1, 0.15) is 18.7 Å². The molecule has 0 aliphatic heterocycles. The zero-order chi connectivity index (χ0) is 15.4. The molecule has 0 amide bonds. The largest absolute Gasteiger partial charge is 0.461 e. The van der Waals surface area contributed by atoms with Crippen molar-refractivity contribution in [2.24, 2.45) is 5.92 Å². The van der Waals surface area contributed by atoms with Gasteiger partial charge in [-0.25, -0.2) is 19.1 Å². The molecule has 2 rings (SSSR count). The van der Waals surface area contributed by atoms with Crippen LogP contribution in [0.25, 0.3) is 0 Å². The second-order valence-electron chi connectivity index (χ2n) is 5.17. The van der Waals surface area contributed by atoms with Gasteiger partial charge in [-0.15, -0.1) is 5.10 Å². The van der Waals surface area contributed by atoms with E-state index in [0.29, 0.717) is 18.8 Å². The summed E-state index contributed by atoms with van der Waals surface area (Å²) in [5.41, 5.74) is 0.910. The molecule has 0 aliphatic carbocycles. The Morgan fingerprint density at radius 1 is 1.38 bits per heavy atom. The summed E-state index contributed by atoms with van der Waals surface area (Å²) in [5, 5.41) is 12.0. The molecule has 8 nitrogen and oxygen atoms in total. The number of nitrogens with zero attached hydrogens (tertiary/aromatic N) is 6. The summed E-state index contributed by atoms with van der Waals surface area (Å²) < 4.78 is 8.58. The van der Waals surface area contributed by atoms with E-state index < -0.39 is 5.97 Å². The monoisotopic (exact) mass is 292 g/mol. The third-order valence-electron chi connectivity index (χ3n) is 3.01. The Balaban J connectivity index is 2.11. The second kappa shape index (κ2) is 6.47. The predicted molar refractivity (Wildman–Crippen MR) is 74.7 cm³/mol. The molecular weight excluding hydrogens is 272 g/mol. The molecule has 21 heavy (non-hydrogen) atoms. The molecule has 0 aliphatic rings. The third-order valence-corrected chi connectivity index (χ3v) is 3.01. The molecule has 0 saturated heterocycles. The van der Waals surface area contributed by atoms with E-state index in [2.05, 4.69) is 20.4 Å². The lowest BCUT2D eigenvalue weighted by Gasteiger charge is -2.06. The van der Waals surface area contributed by atoms with Crippen LogP contribution in [-0.2, 0) is 17.8 Å². The first-order valence-corrected chi connectivity index (χ1v) is 6.96. The lowest BCUT2D eigenvalue weighted by atomic mass is 10.2. The van der Waals surface area contributed by atoms with E-state index in [9.17, 15) is 4.79 Å². The molecule has 0 unspecified atom stereocenters. The highest BCUT2D eigenvalue weighted by Crippen LogP contribution is 2.08. The first-order chi connectivity index (χ1) is 10.0. The second-order valence-corrected chi connectivity index (χ2v) is 5.17. The summed E-state index contributed by atoms with van der Waals surface area (Å²) >= 11 is 0. The first-order valence-electron chi connectivity index (χ1n) is 6.96. The van der Waals surface area contributed by atoms with Crippen molar-refractivity contribution in [1.29, 1.82) is 0 Å². The van der Waals surface area contributed by atoms with Gasteiger partial charge in [-0.1, -0.05) is 19.1 Å². The molecule has 2 aromatic heterocycles. The number of esters is 1. The van der Waals surface area contributed by atoms with Crippen LogP contribution in [-0.4, -0.2) is 42.3 Å². The maximum atomic E-state index is 11.9. The van der Waals surface area contributed by atoms with Crippen LogP contribution in [0, 0.1) is 12.8 Å². The topological polar surface area (TPSA) is 87.7 Å². The fraction of sp³-hybridized carbons (Fsp3) is 0.615. The van der Waals surface area contributed by atoms with Crippen LogP contribution in [0.5, 0.6) is 0 Å². The van der Waals surface area contributed by atoms with Crippen LogP contribution < -0.4 is 0 Å². The standard InChI is InChI=1S/C13H20N6O2/c1-5-18-11(14-8-15-18)6-19-10(4)12(16-17-19)13(20)21-7-9(2)3/h8-9H,5-7H2,1-4H3. The highest BCUT2D eigenvalue weighted by atomic mass is 16.5.